The number of nitrogens with one attached hydrogen (secondary N) is 1. The van der Waals surface area contributed by atoms with E-state index < -0.39 is 6.04 Å². The minimum absolute atomic E-state index is 0.00885. The van der Waals surface area contributed by atoms with Crippen LogP contribution in [0, 0.1) is 13.8 Å². The highest BCUT2D eigenvalue weighted by atomic mass is 16.2. The van der Waals surface area contributed by atoms with Gasteiger partial charge in [0.05, 0.1) is 0 Å². The number of aryl methyl sites for hydroxylation is 2. The first-order valence-corrected chi connectivity index (χ1v) is 8.26. The minimum Gasteiger partial charge on any atom is -0.350 e. The monoisotopic (exact) mass is 322 g/mol. The van der Waals surface area contributed by atoms with E-state index in [4.69, 9.17) is 0 Å². The van der Waals surface area contributed by atoms with Gasteiger partial charge in [-0.1, -0.05) is 47.5 Å². The summed E-state index contributed by atoms with van der Waals surface area (Å²) in [5, 5.41) is 2.97. The zero-order valence-corrected chi connectivity index (χ0v) is 14.1. The fourth-order valence-corrected chi connectivity index (χ4v) is 3.09. The number of hydrogen-bond acceptors (Lipinski definition) is 2. The SMILES string of the molecule is Cc1ccc(N2C(=O)CCC2C(=O)NCc2cccc(C)c2)cc1. The van der Waals surface area contributed by atoms with Crippen LogP contribution in [0.1, 0.15) is 29.5 Å². The molecule has 1 N–H and O–H groups in total. The average Bonchev–Trinajstić information content (AvgIpc) is 2.95. The van der Waals surface area contributed by atoms with E-state index in [-0.39, 0.29) is 11.8 Å². The first-order valence-electron chi connectivity index (χ1n) is 8.26. The molecule has 1 fully saturated rings. The van der Waals surface area contributed by atoms with Crippen molar-refractivity contribution in [3.05, 3.63) is 65.2 Å². The van der Waals surface area contributed by atoms with Crippen LogP contribution in [0.15, 0.2) is 48.5 Å². The van der Waals surface area contributed by atoms with E-state index in [1.807, 2.05) is 56.3 Å². The summed E-state index contributed by atoms with van der Waals surface area (Å²) in [6, 6.07) is 15.4. The van der Waals surface area contributed by atoms with Crippen molar-refractivity contribution in [2.75, 3.05) is 4.90 Å². The van der Waals surface area contributed by atoms with Crippen LogP contribution in [0.5, 0.6) is 0 Å². The predicted octanol–water partition coefficient (Wildman–Crippen LogP) is 3.12. The molecule has 0 bridgehead atoms. The molecular weight excluding hydrogens is 300 g/mol. The molecule has 2 amide bonds. The van der Waals surface area contributed by atoms with Gasteiger partial charge in [0.15, 0.2) is 0 Å². The molecule has 2 aromatic rings. The van der Waals surface area contributed by atoms with E-state index >= 15 is 0 Å². The van der Waals surface area contributed by atoms with Gasteiger partial charge in [-0.05, 0) is 38.0 Å². The third-order valence-corrected chi connectivity index (χ3v) is 4.38. The quantitative estimate of drug-likeness (QED) is 0.940. The highest BCUT2D eigenvalue weighted by molar-refractivity contribution is 6.03. The third kappa shape index (κ3) is 3.48. The smallest absolute Gasteiger partial charge is 0.243 e. The normalized spacial score (nSPS) is 17.2. The van der Waals surface area contributed by atoms with Crippen molar-refractivity contribution < 1.29 is 9.59 Å². The molecule has 3 rings (SSSR count). The Morgan fingerprint density at radius 3 is 2.58 bits per heavy atom. The highest BCUT2D eigenvalue weighted by Gasteiger charge is 2.36. The molecule has 0 aliphatic carbocycles. The Labute approximate surface area is 142 Å². The fraction of sp³-hybridized carbons (Fsp3) is 0.300. The van der Waals surface area contributed by atoms with Crippen molar-refractivity contribution in [3.63, 3.8) is 0 Å². The summed E-state index contributed by atoms with van der Waals surface area (Å²) in [6.07, 6.45) is 0.975. The van der Waals surface area contributed by atoms with Crippen LogP contribution in [0.25, 0.3) is 0 Å². The lowest BCUT2D eigenvalue weighted by atomic mass is 10.1. The fourth-order valence-electron chi connectivity index (χ4n) is 3.09. The molecule has 124 valence electrons. The Morgan fingerprint density at radius 2 is 1.88 bits per heavy atom. The summed E-state index contributed by atoms with van der Waals surface area (Å²) in [6.45, 7) is 4.51. The molecule has 2 aromatic carbocycles. The van der Waals surface area contributed by atoms with E-state index in [9.17, 15) is 9.59 Å². The van der Waals surface area contributed by atoms with Crippen molar-refractivity contribution >= 4 is 17.5 Å². The number of benzene rings is 2. The minimum atomic E-state index is -0.426. The Bertz CT molecular complexity index is 752. The molecule has 1 saturated heterocycles. The van der Waals surface area contributed by atoms with Gasteiger partial charge in [0.2, 0.25) is 11.8 Å². The van der Waals surface area contributed by atoms with Gasteiger partial charge < -0.3 is 5.32 Å². The van der Waals surface area contributed by atoms with E-state index in [1.165, 1.54) is 5.56 Å². The summed E-state index contributed by atoms with van der Waals surface area (Å²) >= 11 is 0. The van der Waals surface area contributed by atoms with Gasteiger partial charge in [0.1, 0.15) is 6.04 Å². The van der Waals surface area contributed by atoms with E-state index in [1.54, 1.807) is 4.90 Å². The van der Waals surface area contributed by atoms with Crippen LogP contribution in [0.2, 0.25) is 0 Å². The van der Waals surface area contributed by atoms with Crippen LogP contribution in [-0.2, 0) is 16.1 Å². The molecule has 24 heavy (non-hydrogen) atoms. The maximum atomic E-state index is 12.6. The van der Waals surface area contributed by atoms with E-state index in [0.717, 1.165) is 16.8 Å². The molecule has 0 saturated carbocycles. The lowest BCUT2D eigenvalue weighted by Gasteiger charge is -2.24. The van der Waals surface area contributed by atoms with Crippen LogP contribution in [-0.4, -0.2) is 17.9 Å². The van der Waals surface area contributed by atoms with E-state index in [2.05, 4.69) is 11.4 Å². The zero-order valence-electron chi connectivity index (χ0n) is 14.1. The standard InChI is InChI=1S/C20H22N2O2/c1-14-6-8-17(9-7-14)22-18(10-11-19(22)23)20(24)21-13-16-5-3-4-15(2)12-16/h3-9,12,18H,10-11,13H2,1-2H3,(H,21,24). The first kappa shape index (κ1) is 16.2. The number of carbonyl (C=O) groups is 2. The summed E-state index contributed by atoms with van der Waals surface area (Å²) in [7, 11) is 0. The number of amides is 2. The summed E-state index contributed by atoms with van der Waals surface area (Å²) in [5.41, 5.74) is 4.15. The maximum absolute atomic E-state index is 12.6. The molecule has 1 unspecified atom stereocenters. The summed E-state index contributed by atoms with van der Waals surface area (Å²) < 4.78 is 0. The zero-order chi connectivity index (χ0) is 17.1. The molecule has 1 atom stereocenters. The number of rotatable bonds is 4. The van der Waals surface area contributed by atoms with Gasteiger partial charge >= 0.3 is 0 Å². The predicted molar refractivity (Wildman–Crippen MR) is 94.7 cm³/mol. The second-order valence-corrected chi connectivity index (χ2v) is 6.36. The van der Waals surface area contributed by atoms with Crippen LogP contribution < -0.4 is 10.2 Å². The molecule has 4 nitrogen and oxygen atoms in total. The Hall–Kier alpha value is -2.62. The molecule has 0 radical (unpaired) electrons. The van der Waals surface area contributed by atoms with Gasteiger partial charge in [-0.3, -0.25) is 14.5 Å². The van der Waals surface area contributed by atoms with Crippen molar-refractivity contribution in [2.45, 2.75) is 39.3 Å². The summed E-state index contributed by atoms with van der Waals surface area (Å²) in [4.78, 5) is 26.5. The Morgan fingerprint density at radius 1 is 1.12 bits per heavy atom. The van der Waals surface area contributed by atoms with Crippen LogP contribution >= 0.6 is 0 Å². The average molecular weight is 322 g/mol. The molecule has 0 aromatic heterocycles. The van der Waals surface area contributed by atoms with Crippen molar-refractivity contribution in [1.29, 1.82) is 0 Å². The number of carbonyl (C=O) groups excluding carboxylic acids is 2. The van der Waals surface area contributed by atoms with Crippen LogP contribution in [0.3, 0.4) is 0 Å². The van der Waals surface area contributed by atoms with Crippen LogP contribution in [0.4, 0.5) is 5.69 Å². The lowest BCUT2D eigenvalue weighted by molar-refractivity contribution is -0.124. The highest BCUT2D eigenvalue weighted by Crippen LogP contribution is 2.27. The van der Waals surface area contributed by atoms with E-state index in [0.29, 0.717) is 19.4 Å². The van der Waals surface area contributed by atoms with Gasteiger partial charge in [-0.15, -0.1) is 0 Å². The largest absolute Gasteiger partial charge is 0.350 e. The number of hydrogen-bond donors (Lipinski definition) is 1. The molecule has 1 aliphatic rings. The second-order valence-electron chi connectivity index (χ2n) is 6.36. The third-order valence-electron chi connectivity index (χ3n) is 4.38. The number of nitrogens with zero attached hydrogens (tertiary/aromatic N) is 1. The lowest BCUT2D eigenvalue weighted by Crippen LogP contribution is -2.44. The molecule has 0 spiro atoms. The van der Waals surface area contributed by atoms with Gasteiger partial charge in [-0.25, -0.2) is 0 Å². The first-order chi connectivity index (χ1) is 11.5. The van der Waals surface area contributed by atoms with Crippen molar-refractivity contribution in [1.82, 2.24) is 5.32 Å². The van der Waals surface area contributed by atoms with Crippen molar-refractivity contribution in [2.24, 2.45) is 0 Å². The van der Waals surface area contributed by atoms with Crippen molar-refractivity contribution in [3.8, 4) is 0 Å². The Balaban J connectivity index is 1.71. The maximum Gasteiger partial charge on any atom is 0.243 e. The molecule has 1 aliphatic heterocycles. The molecule has 1 heterocycles. The van der Waals surface area contributed by atoms with Gasteiger partial charge in [0, 0.05) is 18.7 Å². The van der Waals surface area contributed by atoms with Gasteiger partial charge in [0.25, 0.3) is 0 Å². The topological polar surface area (TPSA) is 49.4 Å². The number of anilines is 1. The second kappa shape index (κ2) is 6.87. The Kier molecular flexibility index (Phi) is 4.65. The summed E-state index contributed by atoms with van der Waals surface area (Å²) in [5.74, 6) is -0.0857. The van der Waals surface area contributed by atoms with Gasteiger partial charge in [-0.2, -0.15) is 0 Å². The molecular formula is C20H22N2O2. The molecule has 4 heteroatoms.